The zero-order chi connectivity index (χ0) is 14.1. The molecule has 0 amide bonds. The van der Waals surface area contributed by atoms with E-state index in [2.05, 4.69) is 26.0 Å². The lowest BCUT2D eigenvalue weighted by atomic mass is 9.79. The van der Waals surface area contributed by atoms with E-state index in [1.54, 1.807) is 0 Å². The van der Waals surface area contributed by atoms with E-state index < -0.39 is 0 Å². The van der Waals surface area contributed by atoms with Crippen LogP contribution in [0.3, 0.4) is 0 Å². The Hall–Kier alpha value is -0.500. The highest BCUT2D eigenvalue weighted by molar-refractivity contribution is 8.00. The van der Waals surface area contributed by atoms with Gasteiger partial charge >= 0.3 is 0 Å². The molecule has 1 aliphatic heterocycles. The first kappa shape index (κ1) is 14.4. The lowest BCUT2D eigenvalue weighted by Crippen LogP contribution is -2.11. The van der Waals surface area contributed by atoms with Gasteiger partial charge in [-0.2, -0.15) is 11.8 Å². The molecule has 110 valence electrons. The summed E-state index contributed by atoms with van der Waals surface area (Å²) >= 11 is 1.93. The minimum Gasteiger partial charge on any atom is -0.207 e. The third-order valence-electron chi connectivity index (χ3n) is 5.09. The predicted molar refractivity (Wildman–Crippen MR) is 85.8 cm³/mol. The molecule has 1 aromatic rings. The number of hydrogen-bond acceptors (Lipinski definition) is 1. The van der Waals surface area contributed by atoms with Crippen molar-refractivity contribution < 1.29 is 4.39 Å². The van der Waals surface area contributed by atoms with Gasteiger partial charge in [0, 0.05) is 16.1 Å². The van der Waals surface area contributed by atoms with Crippen LogP contribution in [0.2, 0.25) is 0 Å². The van der Waals surface area contributed by atoms with E-state index in [4.69, 9.17) is 0 Å². The summed E-state index contributed by atoms with van der Waals surface area (Å²) in [7, 11) is 0. The van der Waals surface area contributed by atoms with Crippen molar-refractivity contribution in [1.29, 1.82) is 0 Å². The maximum Gasteiger partial charge on any atom is 0.127 e. The fraction of sp³-hybridized carbons (Fsp3) is 0.667. The Morgan fingerprint density at radius 1 is 1.00 bits per heavy atom. The van der Waals surface area contributed by atoms with Crippen LogP contribution < -0.4 is 0 Å². The minimum atomic E-state index is 0.0349. The minimum absolute atomic E-state index is 0.0349. The molecular weight excluding hydrogens is 267 g/mol. The molecule has 1 saturated heterocycles. The van der Waals surface area contributed by atoms with Gasteiger partial charge in [-0.15, -0.1) is 0 Å². The molecule has 1 aliphatic carbocycles. The van der Waals surface area contributed by atoms with Crippen LogP contribution in [-0.4, -0.2) is 5.25 Å². The quantitative estimate of drug-likeness (QED) is 0.637. The molecule has 0 nitrogen and oxygen atoms in total. The first-order valence-corrected chi connectivity index (χ1v) is 9.02. The Balaban J connectivity index is 1.74. The molecule has 0 radical (unpaired) electrons. The first-order valence-electron chi connectivity index (χ1n) is 8.08. The van der Waals surface area contributed by atoms with Crippen LogP contribution in [0.1, 0.15) is 74.7 Å². The van der Waals surface area contributed by atoms with E-state index >= 15 is 0 Å². The number of halogens is 1. The van der Waals surface area contributed by atoms with E-state index in [1.165, 1.54) is 37.7 Å². The highest BCUT2D eigenvalue weighted by Gasteiger charge is 2.27. The summed E-state index contributed by atoms with van der Waals surface area (Å²) in [6.07, 6.45) is 7.40. The second kappa shape index (κ2) is 6.09. The molecule has 1 saturated carbocycles. The monoisotopic (exact) mass is 292 g/mol. The van der Waals surface area contributed by atoms with Gasteiger partial charge in [0.15, 0.2) is 0 Å². The van der Waals surface area contributed by atoms with E-state index in [0.717, 1.165) is 17.9 Å². The normalized spacial score (nSPS) is 34.4. The molecule has 2 unspecified atom stereocenters. The summed E-state index contributed by atoms with van der Waals surface area (Å²) in [5.41, 5.74) is 2.17. The van der Waals surface area contributed by atoms with Gasteiger partial charge in [-0.3, -0.25) is 0 Å². The number of thioether (sulfide) groups is 1. The molecule has 1 aromatic carbocycles. The number of benzene rings is 1. The SMILES string of the molecule is CC1CCC(c2ccc(C3CCC(C)S3)c(F)c2)CC1. The van der Waals surface area contributed by atoms with Crippen LogP contribution in [0.5, 0.6) is 0 Å². The summed E-state index contributed by atoms with van der Waals surface area (Å²) in [6, 6.07) is 6.10. The molecule has 20 heavy (non-hydrogen) atoms. The lowest BCUT2D eigenvalue weighted by molar-refractivity contribution is 0.347. The van der Waals surface area contributed by atoms with Crippen molar-refractivity contribution >= 4 is 11.8 Å². The molecule has 2 aliphatic rings. The summed E-state index contributed by atoms with van der Waals surface area (Å²) < 4.78 is 14.4. The van der Waals surface area contributed by atoms with Crippen molar-refractivity contribution in [2.75, 3.05) is 0 Å². The highest BCUT2D eigenvalue weighted by atomic mass is 32.2. The second-order valence-electron chi connectivity index (χ2n) is 6.75. The molecule has 3 rings (SSSR count). The van der Waals surface area contributed by atoms with E-state index in [1.807, 2.05) is 17.8 Å². The molecular formula is C18H25FS. The Kier molecular flexibility index (Phi) is 4.40. The number of rotatable bonds is 2. The average Bonchev–Trinajstić information content (AvgIpc) is 2.86. The fourth-order valence-electron chi connectivity index (χ4n) is 3.68. The van der Waals surface area contributed by atoms with Crippen LogP contribution >= 0.6 is 11.8 Å². The van der Waals surface area contributed by atoms with Crippen LogP contribution in [0, 0.1) is 11.7 Å². The standard InChI is InChI=1S/C18H25FS/c1-12-3-6-14(7-4-12)15-8-9-16(17(19)11-15)18-10-5-13(2)20-18/h8-9,11-14,18H,3-7,10H2,1-2H3. The van der Waals surface area contributed by atoms with E-state index in [0.29, 0.717) is 16.4 Å². The Bertz CT molecular complexity index is 462. The molecule has 2 atom stereocenters. The van der Waals surface area contributed by atoms with Crippen molar-refractivity contribution in [2.45, 2.75) is 68.8 Å². The first-order chi connectivity index (χ1) is 9.63. The molecule has 2 heteroatoms. The summed E-state index contributed by atoms with van der Waals surface area (Å²) in [5, 5.41) is 1.06. The van der Waals surface area contributed by atoms with E-state index in [9.17, 15) is 4.39 Å². The maximum atomic E-state index is 14.4. The topological polar surface area (TPSA) is 0 Å². The van der Waals surface area contributed by atoms with Gasteiger partial charge in [-0.1, -0.05) is 38.8 Å². The van der Waals surface area contributed by atoms with Crippen molar-refractivity contribution in [3.8, 4) is 0 Å². The van der Waals surface area contributed by atoms with Gasteiger partial charge in [0.05, 0.1) is 0 Å². The Morgan fingerprint density at radius 2 is 1.75 bits per heavy atom. The molecule has 2 fully saturated rings. The summed E-state index contributed by atoms with van der Waals surface area (Å²) in [6.45, 7) is 4.58. The number of hydrogen-bond donors (Lipinski definition) is 0. The van der Waals surface area contributed by atoms with Gasteiger partial charge in [-0.25, -0.2) is 4.39 Å². The van der Waals surface area contributed by atoms with Gasteiger partial charge in [0.25, 0.3) is 0 Å². The Labute approximate surface area is 126 Å². The average molecular weight is 292 g/mol. The molecule has 0 bridgehead atoms. The predicted octanol–water partition coefficient (Wildman–Crippen LogP) is 6.08. The third-order valence-corrected chi connectivity index (χ3v) is 6.61. The van der Waals surface area contributed by atoms with E-state index in [-0.39, 0.29) is 5.82 Å². The third kappa shape index (κ3) is 3.05. The van der Waals surface area contributed by atoms with Gasteiger partial charge < -0.3 is 0 Å². The molecule has 1 heterocycles. The molecule has 0 aromatic heterocycles. The highest BCUT2D eigenvalue weighted by Crippen LogP contribution is 2.46. The Morgan fingerprint density at radius 3 is 2.35 bits per heavy atom. The maximum absolute atomic E-state index is 14.4. The van der Waals surface area contributed by atoms with Crippen LogP contribution in [0.15, 0.2) is 18.2 Å². The summed E-state index contributed by atoms with van der Waals surface area (Å²) in [4.78, 5) is 0. The van der Waals surface area contributed by atoms with Gasteiger partial charge in [0.1, 0.15) is 5.82 Å². The molecule has 0 N–H and O–H groups in total. The lowest BCUT2D eigenvalue weighted by Gasteiger charge is -2.27. The zero-order valence-corrected chi connectivity index (χ0v) is 13.4. The second-order valence-corrected chi connectivity index (χ2v) is 8.40. The smallest absolute Gasteiger partial charge is 0.127 e. The molecule has 0 spiro atoms. The van der Waals surface area contributed by atoms with Crippen LogP contribution in [0.25, 0.3) is 0 Å². The fourth-order valence-corrected chi connectivity index (χ4v) is 5.13. The largest absolute Gasteiger partial charge is 0.207 e. The van der Waals surface area contributed by atoms with Crippen LogP contribution in [0.4, 0.5) is 4.39 Å². The summed E-state index contributed by atoms with van der Waals surface area (Å²) in [5.74, 6) is 1.48. The van der Waals surface area contributed by atoms with Gasteiger partial charge in [-0.05, 0) is 49.1 Å². The van der Waals surface area contributed by atoms with Crippen molar-refractivity contribution in [3.05, 3.63) is 35.1 Å². The zero-order valence-electron chi connectivity index (χ0n) is 12.6. The van der Waals surface area contributed by atoms with Crippen molar-refractivity contribution in [2.24, 2.45) is 5.92 Å². The van der Waals surface area contributed by atoms with Crippen LogP contribution in [-0.2, 0) is 0 Å². The van der Waals surface area contributed by atoms with Crippen molar-refractivity contribution in [3.63, 3.8) is 0 Å². The van der Waals surface area contributed by atoms with Crippen molar-refractivity contribution in [1.82, 2.24) is 0 Å². The van der Waals surface area contributed by atoms with Gasteiger partial charge in [0.2, 0.25) is 0 Å².